The summed E-state index contributed by atoms with van der Waals surface area (Å²) >= 11 is 0. The van der Waals surface area contributed by atoms with Crippen LogP contribution in [-0.4, -0.2) is 56.5 Å². The summed E-state index contributed by atoms with van der Waals surface area (Å²) in [4.78, 5) is 24.1. The highest BCUT2D eigenvalue weighted by Crippen LogP contribution is 2.38. The zero-order valence-corrected chi connectivity index (χ0v) is 13.2. The number of aromatic hydroxyl groups is 2. The van der Waals surface area contributed by atoms with Gasteiger partial charge in [0.1, 0.15) is 0 Å². The van der Waals surface area contributed by atoms with Gasteiger partial charge in [-0.1, -0.05) is 0 Å². The number of nitrogens with zero attached hydrogens (tertiary/aromatic N) is 4. The Labute approximate surface area is 143 Å². The lowest BCUT2D eigenvalue weighted by Gasteiger charge is -2.35. The summed E-state index contributed by atoms with van der Waals surface area (Å²) in [5, 5.41) is 27.8. The van der Waals surface area contributed by atoms with Crippen molar-refractivity contribution in [2.75, 3.05) is 22.9 Å². The number of hydrogen-bond donors (Lipinski definition) is 4. The van der Waals surface area contributed by atoms with Gasteiger partial charge in [-0.15, -0.1) is 0 Å². The number of hydroxylamine groups is 1. The van der Waals surface area contributed by atoms with Gasteiger partial charge in [-0.25, -0.2) is 15.4 Å². The molecule has 9 nitrogen and oxygen atoms in total. The second-order valence-corrected chi connectivity index (χ2v) is 6.23. The van der Waals surface area contributed by atoms with Crippen molar-refractivity contribution < 1.29 is 20.2 Å². The van der Waals surface area contributed by atoms with Gasteiger partial charge < -0.3 is 20.0 Å². The Kier molecular flexibility index (Phi) is 3.57. The van der Waals surface area contributed by atoms with Crippen molar-refractivity contribution >= 4 is 17.5 Å². The smallest absolute Gasteiger partial charge is 0.277 e. The molecule has 0 aliphatic carbocycles. The summed E-state index contributed by atoms with van der Waals surface area (Å²) in [7, 11) is 0. The van der Waals surface area contributed by atoms with Crippen LogP contribution in [0.3, 0.4) is 0 Å². The molecule has 2 bridgehead atoms. The zero-order chi connectivity index (χ0) is 17.6. The molecule has 2 aliphatic heterocycles. The van der Waals surface area contributed by atoms with Gasteiger partial charge in [-0.2, -0.15) is 0 Å². The van der Waals surface area contributed by atoms with Crippen molar-refractivity contribution in [3.63, 3.8) is 0 Å². The van der Waals surface area contributed by atoms with E-state index in [1.165, 1.54) is 18.5 Å². The molecule has 2 aromatic rings. The van der Waals surface area contributed by atoms with Crippen molar-refractivity contribution in [1.82, 2.24) is 15.4 Å². The molecule has 1 aromatic heterocycles. The Morgan fingerprint density at radius 2 is 1.76 bits per heavy atom. The van der Waals surface area contributed by atoms with Gasteiger partial charge in [0.05, 0.1) is 11.6 Å². The van der Waals surface area contributed by atoms with Gasteiger partial charge in [0.2, 0.25) is 5.95 Å². The number of carbonyl (C=O) groups is 1. The largest absolute Gasteiger partial charge is 0.504 e. The Hall–Kier alpha value is -3.07. The summed E-state index contributed by atoms with van der Waals surface area (Å²) < 4.78 is 0. The number of phenolic OH excluding ortho intramolecular Hbond substituents is 2. The molecule has 0 spiro atoms. The van der Waals surface area contributed by atoms with Gasteiger partial charge in [-0.05, 0) is 18.6 Å². The van der Waals surface area contributed by atoms with E-state index in [2.05, 4.69) is 19.8 Å². The highest BCUT2D eigenvalue weighted by atomic mass is 16.5. The molecule has 4 N–H and O–H groups in total. The van der Waals surface area contributed by atoms with E-state index in [1.54, 1.807) is 17.6 Å². The fraction of sp³-hybridized carbons (Fsp3) is 0.312. The van der Waals surface area contributed by atoms with Crippen LogP contribution in [0.2, 0.25) is 0 Å². The molecule has 1 aromatic carbocycles. The number of nitrogens with one attached hydrogen (secondary N) is 1. The second kappa shape index (κ2) is 5.78. The Balaban J connectivity index is 1.49. The van der Waals surface area contributed by atoms with Crippen molar-refractivity contribution in [2.45, 2.75) is 18.5 Å². The third-order valence-electron chi connectivity index (χ3n) is 4.79. The molecule has 2 aliphatic rings. The van der Waals surface area contributed by atoms with Crippen LogP contribution < -0.4 is 15.3 Å². The maximum Gasteiger partial charge on any atom is 0.277 e. The number of rotatable bonds is 3. The average Bonchev–Trinajstić information content (AvgIpc) is 3.24. The van der Waals surface area contributed by atoms with E-state index in [0.29, 0.717) is 5.95 Å². The van der Waals surface area contributed by atoms with Gasteiger partial charge in [-0.3, -0.25) is 10.0 Å². The predicted molar refractivity (Wildman–Crippen MR) is 87.9 cm³/mol. The van der Waals surface area contributed by atoms with Crippen LogP contribution in [0.4, 0.5) is 11.6 Å². The topological polar surface area (TPSA) is 122 Å². The minimum absolute atomic E-state index is 0.127. The number of benzene rings is 1. The van der Waals surface area contributed by atoms with E-state index in [-0.39, 0.29) is 29.1 Å². The Bertz CT molecular complexity index is 813. The monoisotopic (exact) mass is 343 g/mol. The minimum atomic E-state index is -0.646. The summed E-state index contributed by atoms with van der Waals surface area (Å²) in [6, 6.07) is 5.34. The number of fused-ring (bicyclic) bond motifs is 2. The molecule has 0 saturated carbocycles. The standard InChI is InChI=1S/C16H17N5O4/c22-13-2-1-10(4-14(13)23)20-7-12-3-11(20)8-21(12)16-17-5-9(6-18-16)15(24)19-25/h1-2,4-6,11-12,22-23,25H,3,7-8H2,(H,19,24). The molecular weight excluding hydrogens is 326 g/mol. The van der Waals surface area contributed by atoms with Crippen LogP contribution >= 0.6 is 0 Å². The average molecular weight is 343 g/mol. The van der Waals surface area contributed by atoms with E-state index in [1.807, 2.05) is 0 Å². The third-order valence-corrected chi connectivity index (χ3v) is 4.79. The highest BCUT2D eigenvalue weighted by molar-refractivity contribution is 5.92. The summed E-state index contributed by atoms with van der Waals surface area (Å²) in [5.41, 5.74) is 2.62. The van der Waals surface area contributed by atoms with E-state index in [0.717, 1.165) is 25.2 Å². The molecule has 9 heteroatoms. The Morgan fingerprint density at radius 3 is 2.36 bits per heavy atom. The van der Waals surface area contributed by atoms with Crippen LogP contribution in [0.1, 0.15) is 16.8 Å². The molecule has 25 heavy (non-hydrogen) atoms. The maximum atomic E-state index is 11.3. The highest BCUT2D eigenvalue weighted by Gasteiger charge is 2.44. The number of hydrogen-bond acceptors (Lipinski definition) is 8. The first-order valence-electron chi connectivity index (χ1n) is 7.88. The number of aromatic nitrogens is 2. The van der Waals surface area contributed by atoms with Crippen LogP contribution in [0.5, 0.6) is 11.5 Å². The molecule has 1 amide bonds. The molecule has 3 heterocycles. The van der Waals surface area contributed by atoms with Crippen LogP contribution in [0.15, 0.2) is 30.6 Å². The van der Waals surface area contributed by atoms with Crippen LogP contribution in [-0.2, 0) is 0 Å². The first-order valence-corrected chi connectivity index (χ1v) is 7.88. The fourth-order valence-electron chi connectivity index (χ4n) is 3.57. The van der Waals surface area contributed by atoms with Gasteiger partial charge in [0, 0.05) is 43.3 Å². The minimum Gasteiger partial charge on any atom is -0.504 e. The molecule has 2 saturated heterocycles. The zero-order valence-electron chi connectivity index (χ0n) is 13.2. The van der Waals surface area contributed by atoms with Crippen LogP contribution in [0.25, 0.3) is 0 Å². The molecule has 130 valence electrons. The lowest BCUT2D eigenvalue weighted by Crippen LogP contribution is -2.47. The van der Waals surface area contributed by atoms with Gasteiger partial charge in [0.15, 0.2) is 11.5 Å². The second-order valence-electron chi connectivity index (χ2n) is 6.23. The first kappa shape index (κ1) is 15.5. The van der Waals surface area contributed by atoms with E-state index in [9.17, 15) is 15.0 Å². The molecule has 2 unspecified atom stereocenters. The van der Waals surface area contributed by atoms with Crippen molar-refractivity contribution in [3.05, 3.63) is 36.2 Å². The molecule has 2 atom stereocenters. The Morgan fingerprint density at radius 1 is 1.08 bits per heavy atom. The fourth-order valence-corrected chi connectivity index (χ4v) is 3.57. The SMILES string of the molecule is O=C(NO)c1cnc(N2CC3CC2CN3c2ccc(O)c(O)c2)nc1. The number of amides is 1. The van der Waals surface area contributed by atoms with Gasteiger partial charge >= 0.3 is 0 Å². The number of piperazine rings is 1. The normalized spacial score (nSPS) is 21.6. The number of carbonyl (C=O) groups excluding carboxylic acids is 1. The summed E-state index contributed by atoms with van der Waals surface area (Å²) in [6.45, 7) is 1.50. The molecular formula is C16H17N5O4. The van der Waals surface area contributed by atoms with Crippen molar-refractivity contribution in [2.24, 2.45) is 0 Å². The first-order chi connectivity index (χ1) is 12.1. The lowest BCUT2D eigenvalue weighted by molar-refractivity contribution is 0.0705. The van der Waals surface area contributed by atoms with Crippen molar-refractivity contribution in [3.8, 4) is 11.5 Å². The third kappa shape index (κ3) is 2.58. The van der Waals surface area contributed by atoms with Crippen LogP contribution in [0, 0.1) is 0 Å². The number of anilines is 2. The van der Waals surface area contributed by atoms with E-state index in [4.69, 9.17) is 5.21 Å². The van der Waals surface area contributed by atoms with Crippen molar-refractivity contribution in [1.29, 1.82) is 0 Å². The molecule has 0 radical (unpaired) electrons. The van der Waals surface area contributed by atoms with E-state index < -0.39 is 5.91 Å². The summed E-state index contributed by atoms with van der Waals surface area (Å²) in [6.07, 6.45) is 3.72. The molecule has 2 fully saturated rings. The van der Waals surface area contributed by atoms with E-state index >= 15 is 0 Å². The quantitative estimate of drug-likeness (QED) is 0.360. The summed E-state index contributed by atoms with van der Waals surface area (Å²) in [5.74, 6) is -0.351. The molecule has 4 rings (SSSR count). The predicted octanol–water partition coefficient (Wildman–Crippen LogP) is 0.474. The lowest BCUT2D eigenvalue weighted by atomic mass is 10.2. The number of phenols is 2. The maximum absolute atomic E-state index is 11.3. The van der Waals surface area contributed by atoms with Gasteiger partial charge in [0.25, 0.3) is 5.91 Å².